The molecule has 1 aromatic carbocycles. The molecule has 6 heteroatoms. The third kappa shape index (κ3) is 3.73. The zero-order valence-corrected chi connectivity index (χ0v) is 11.8. The summed E-state index contributed by atoms with van der Waals surface area (Å²) in [5.41, 5.74) is -0.427. The van der Waals surface area contributed by atoms with Crippen LogP contribution in [0.15, 0.2) is 17.0 Å². The Hall–Kier alpha value is -1.04. The van der Waals surface area contributed by atoms with Gasteiger partial charge in [-0.3, -0.25) is 0 Å². The summed E-state index contributed by atoms with van der Waals surface area (Å²) in [6, 6.07) is 2.07. The molecule has 0 aliphatic heterocycles. The molecule has 0 amide bonds. The van der Waals surface area contributed by atoms with Crippen LogP contribution in [0.1, 0.15) is 30.5 Å². The third-order valence-corrected chi connectivity index (χ3v) is 3.62. The molecule has 0 bridgehead atoms. The number of rotatable bonds is 1. The number of hydrogen-bond acceptors (Lipinski definition) is 2. The van der Waals surface area contributed by atoms with E-state index in [1.54, 1.807) is 6.92 Å². The molecule has 0 unspecified atom stereocenters. The van der Waals surface area contributed by atoms with Gasteiger partial charge < -0.3 is 0 Å². The molecule has 0 saturated carbocycles. The van der Waals surface area contributed by atoms with Crippen LogP contribution in [0, 0.1) is 13.8 Å². The lowest BCUT2D eigenvalue weighted by Crippen LogP contribution is -2.14. The van der Waals surface area contributed by atoms with Crippen LogP contribution in [-0.2, 0) is 16.0 Å². The molecule has 0 radical (unpaired) electrons. The maximum atomic E-state index is 12.6. The second-order valence-electron chi connectivity index (χ2n) is 3.65. The summed E-state index contributed by atoms with van der Waals surface area (Å²) in [6.07, 6.45) is -3.87. The first kappa shape index (κ1) is 17.0. The fourth-order valence-electron chi connectivity index (χ4n) is 1.49. The first-order valence-corrected chi connectivity index (χ1v) is 7.31. The van der Waals surface area contributed by atoms with Crippen molar-refractivity contribution in [3.63, 3.8) is 0 Å². The molecule has 0 heterocycles. The lowest BCUT2D eigenvalue weighted by molar-refractivity contribution is -0.139. The minimum atomic E-state index is -4.66. The molecule has 0 atom stereocenters. The molecular formula is C12H17F3O2S. The molecule has 0 fully saturated rings. The van der Waals surface area contributed by atoms with Crippen molar-refractivity contribution in [2.75, 3.05) is 6.26 Å². The molecule has 1 aromatic rings. The predicted octanol–water partition coefficient (Wildman–Crippen LogP) is 3.75. The maximum Gasteiger partial charge on any atom is 0.417 e. The smallest absolute Gasteiger partial charge is 0.224 e. The van der Waals surface area contributed by atoms with Crippen molar-refractivity contribution in [2.24, 2.45) is 0 Å². The van der Waals surface area contributed by atoms with Crippen LogP contribution in [0.4, 0.5) is 13.2 Å². The van der Waals surface area contributed by atoms with Crippen LogP contribution in [0.2, 0.25) is 0 Å². The van der Waals surface area contributed by atoms with Gasteiger partial charge in [-0.15, -0.1) is 0 Å². The molecule has 0 N–H and O–H groups in total. The summed E-state index contributed by atoms with van der Waals surface area (Å²) >= 11 is 0. The van der Waals surface area contributed by atoms with Crippen molar-refractivity contribution in [3.05, 3.63) is 28.8 Å². The number of sulfone groups is 1. The Balaban J connectivity index is 0.00000137. The second-order valence-corrected chi connectivity index (χ2v) is 5.61. The molecule has 0 aliphatic carbocycles. The van der Waals surface area contributed by atoms with Gasteiger partial charge in [0.05, 0.1) is 10.5 Å². The largest absolute Gasteiger partial charge is 0.417 e. The second kappa shape index (κ2) is 5.73. The van der Waals surface area contributed by atoms with Gasteiger partial charge in [0.2, 0.25) is 0 Å². The number of aryl methyl sites for hydroxylation is 1. The van der Waals surface area contributed by atoms with Gasteiger partial charge in [0, 0.05) is 6.26 Å². The van der Waals surface area contributed by atoms with Gasteiger partial charge in [0.15, 0.2) is 9.84 Å². The molecule has 104 valence electrons. The summed E-state index contributed by atoms with van der Waals surface area (Å²) < 4.78 is 60.6. The van der Waals surface area contributed by atoms with Crippen molar-refractivity contribution < 1.29 is 21.6 Å². The third-order valence-electron chi connectivity index (χ3n) is 2.35. The molecule has 0 saturated heterocycles. The first-order chi connectivity index (χ1) is 8.05. The van der Waals surface area contributed by atoms with E-state index in [1.807, 2.05) is 13.8 Å². The normalized spacial score (nSPS) is 11.8. The van der Waals surface area contributed by atoms with E-state index in [9.17, 15) is 21.6 Å². The summed E-state index contributed by atoms with van der Waals surface area (Å²) in [6.45, 7) is 6.95. The highest BCUT2D eigenvalue weighted by atomic mass is 32.2. The molecule has 0 aliphatic rings. The van der Waals surface area contributed by atoms with Gasteiger partial charge >= 0.3 is 6.18 Å². The minimum absolute atomic E-state index is 0.150. The van der Waals surface area contributed by atoms with E-state index in [4.69, 9.17) is 0 Å². The SMILES string of the molecule is CC.Cc1ccc(C(F)(F)F)c(S(C)(=O)=O)c1C. The molecule has 2 nitrogen and oxygen atoms in total. The molecule has 18 heavy (non-hydrogen) atoms. The van der Waals surface area contributed by atoms with E-state index in [-0.39, 0.29) is 5.56 Å². The van der Waals surface area contributed by atoms with E-state index < -0.39 is 26.5 Å². The number of halogens is 3. The quantitative estimate of drug-likeness (QED) is 0.786. The summed E-state index contributed by atoms with van der Waals surface area (Å²) in [7, 11) is -3.89. The fraction of sp³-hybridized carbons (Fsp3) is 0.500. The minimum Gasteiger partial charge on any atom is -0.224 e. The molecule has 1 rings (SSSR count). The highest BCUT2D eigenvalue weighted by molar-refractivity contribution is 7.90. The van der Waals surface area contributed by atoms with E-state index in [0.29, 0.717) is 5.56 Å². The van der Waals surface area contributed by atoms with E-state index in [2.05, 4.69) is 0 Å². The van der Waals surface area contributed by atoms with Crippen LogP contribution in [0.3, 0.4) is 0 Å². The Kier molecular flexibility index (Phi) is 5.40. The van der Waals surface area contributed by atoms with Crippen molar-refractivity contribution >= 4 is 9.84 Å². The van der Waals surface area contributed by atoms with Gasteiger partial charge in [-0.1, -0.05) is 19.9 Å². The van der Waals surface area contributed by atoms with Crippen molar-refractivity contribution in [2.45, 2.75) is 38.8 Å². The van der Waals surface area contributed by atoms with Crippen molar-refractivity contribution in [3.8, 4) is 0 Å². The fourth-order valence-corrected chi connectivity index (χ4v) is 2.79. The topological polar surface area (TPSA) is 34.1 Å². The Morgan fingerprint density at radius 2 is 1.50 bits per heavy atom. The average molecular weight is 282 g/mol. The number of alkyl halides is 3. The Morgan fingerprint density at radius 1 is 1.06 bits per heavy atom. The molecule has 0 aromatic heterocycles. The Labute approximate surface area is 106 Å². The van der Waals surface area contributed by atoms with Gasteiger partial charge in [-0.25, -0.2) is 8.42 Å². The van der Waals surface area contributed by atoms with Crippen molar-refractivity contribution in [1.29, 1.82) is 0 Å². The van der Waals surface area contributed by atoms with Gasteiger partial charge in [-0.2, -0.15) is 13.2 Å². The van der Waals surface area contributed by atoms with E-state index in [1.165, 1.54) is 13.0 Å². The summed E-state index contributed by atoms with van der Waals surface area (Å²) in [4.78, 5) is -0.625. The maximum absolute atomic E-state index is 12.6. The molecular weight excluding hydrogens is 265 g/mol. The van der Waals surface area contributed by atoms with Crippen molar-refractivity contribution in [1.82, 2.24) is 0 Å². The van der Waals surface area contributed by atoms with Gasteiger partial charge in [0.25, 0.3) is 0 Å². The van der Waals surface area contributed by atoms with Crippen LogP contribution in [0.5, 0.6) is 0 Å². The number of hydrogen-bond donors (Lipinski definition) is 0. The summed E-state index contributed by atoms with van der Waals surface area (Å²) in [5.74, 6) is 0. The van der Waals surface area contributed by atoms with E-state index >= 15 is 0 Å². The lowest BCUT2D eigenvalue weighted by Gasteiger charge is -2.15. The zero-order chi connectivity index (χ0) is 14.7. The zero-order valence-electron chi connectivity index (χ0n) is 11.0. The Morgan fingerprint density at radius 3 is 1.83 bits per heavy atom. The molecule has 0 spiro atoms. The lowest BCUT2D eigenvalue weighted by atomic mass is 10.1. The van der Waals surface area contributed by atoms with Crippen LogP contribution in [-0.4, -0.2) is 14.7 Å². The standard InChI is InChI=1S/C10H11F3O2S.C2H6/c1-6-4-5-8(10(11,12)13)9(7(6)2)16(3,14)15;1-2/h4-5H,1-3H3;1-2H3. The monoisotopic (exact) mass is 282 g/mol. The number of benzene rings is 1. The average Bonchev–Trinajstić information content (AvgIpc) is 2.21. The predicted molar refractivity (Wildman–Crippen MR) is 65.4 cm³/mol. The van der Waals surface area contributed by atoms with Gasteiger partial charge in [-0.05, 0) is 31.0 Å². The Bertz CT molecular complexity index is 517. The van der Waals surface area contributed by atoms with E-state index in [0.717, 1.165) is 12.3 Å². The highest BCUT2D eigenvalue weighted by Gasteiger charge is 2.37. The van der Waals surface area contributed by atoms with Crippen LogP contribution < -0.4 is 0 Å². The van der Waals surface area contributed by atoms with Gasteiger partial charge in [0.1, 0.15) is 0 Å². The first-order valence-electron chi connectivity index (χ1n) is 5.42. The van der Waals surface area contributed by atoms with Crippen LogP contribution >= 0.6 is 0 Å². The van der Waals surface area contributed by atoms with Crippen LogP contribution in [0.25, 0.3) is 0 Å². The highest BCUT2D eigenvalue weighted by Crippen LogP contribution is 2.36. The summed E-state index contributed by atoms with van der Waals surface area (Å²) in [5, 5.41) is 0.